The Labute approximate surface area is 126 Å². The quantitative estimate of drug-likeness (QED) is 0.799. The van der Waals surface area contributed by atoms with E-state index < -0.39 is 0 Å². The number of nitrogens with one attached hydrogen (secondary N) is 1. The van der Waals surface area contributed by atoms with Gasteiger partial charge < -0.3 is 5.32 Å². The molecule has 0 aliphatic carbocycles. The fourth-order valence-electron chi connectivity index (χ4n) is 1.35. The van der Waals surface area contributed by atoms with Gasteiger partial charge in [0, 0.05) is 10.7 Å². The molecule has 0 spiro atoms. The third-order valence-corrected chi connectivity index (χ3v) is 3.47. The summed E-state index contributed by atoms with van der Waals surface area (Å²) in [5.41, 5.74) is 1.23. The van der Waals surface area contributed by atoms with E-state index in [1.54, 1.807) is 18.3 Å². The van der Waals surface area contributed by atoms with Gasteiger partial charge in [-0.15, -0.1) is 0 Å². The van der Waals surface area contributed by atoms with Crippen LogP contribution in [0.5, 0.6) is 0 Å². The summed E-state index contributed by atoms with van der Waals surface area (Å²) in [6.07, 6.45) is 1.54. The first-order valence-corrected chi connectivity index (χ1v) is 6.84. The summed E-state index contributed by atoms with van der Waals surface area (Å²) in [4.78, 5) is 4.16. The lowest BCUT2D eigenvalue weighted by Gasteiger charge is -2.09. The van der Waals surface area contributed by atoms with Crippen molar-refractivity contribution in [3.63, 3.8) is 0 Å². The Morgan fingerprint density at radius 3 is 2.72 bits per heavy atom. The van der Waals surface area contributed by atoms with E-state index in [2.05, 4.69) is 48.2 Å². The van der Waals surface area contributed by atoms with Crippen molar-refractivity contribution in [1.82, 2.24) is 4.98 Å². The summed E-state index contributed by atoms with van der Waals surface area (Å²) in [7, 11) is 0. The van der Waals surface area contributed by atoms with E-state index >= 15 is 0 Å². The van der Waals surface area contributed by atoms with Gasteiger partial charge in [0.25, 0.3) is 0 Å². The molecule has 1 aromatic heterocycles. The van der Waals surface area contributed by atoms with Crippen molar-refractivity contribution in [2.24, 2.45) is 0 Å². The van der Waals surface area contributed by atoms with Crippen molar-refractivity contribution in [1.29, 1.82) is 5.26 Å². The maximum Gasteiger partial charge on any atom is 0.144 e. The minimum Gasteiger partial charge on any atom is -0.338 e. The number of pyridine rings is 1. The first-order valence-electron chi connectivity index (χ1n) is 4.88. The standard InChI is InChI=1S/C12H6Br2ClN3/c13-8-1-2-11(7(3-8)5-16)18-12-10(14)4-9(15)6-17-12/h1-4,6H,(H,17,18). The first-order chi connectivity index (χ1) is 8.60. The Balaban J connectivity index is 2.37. The number of aromatic nitrogens is 1. The molecule has 3 nitrogen and oxygen atoms in total. The first kappa shape index (κ1) is 13.3. The smallest absolute Gasteiger partial charge is 0.144 e. The van der Waals surface area contributed by atoms with Gasteiger partial charge in [0.2, 0.25) is 0 Å². The monoisotopic (exact) mass is 385 g/mol. The van der Waals surface area contributed by atoms with Gasteiger partial charge in [-0.1, -0.05) is 27.5 Å². The number of hydrogen-bond acceptors (Lipinski definition) is 3. The van der Waals surface area contributed by atoms with Crippen LogP contribution in [0.15, 0.2) is 39.4 Å². The molecule has 2 aromatic rings. The summed E-state index contributed by atoms with van der Waals surface area (Å²) in [6, 6.07) is 9.27. The molecule has 0 saturated carbocycles. The fraction of sp³-hybridized carbons (Fsp3) is 0. The molecule has 2 rings (SSSR count). The highest BCUT2D eigenvalue weighted by atomic mass is 79.9. The highest BCUT2D eigenvalue weighted by molar-refractivity contribution is 9.10. The molecule has 18 heavy (non-hydrogen) atoms. The zero-order valence-electron chi connectivity index (χ0n) is 8.92. The lowest BCUT2D eigenvalue weighted by molar-refractivity contribution is 1.29. The van der Waals surface area contributed by atoms with Crippen molar-refractivity contribution >= 4 is 55.0 Å². The van der Waals surface area contributed by atoms with Gasteiger partial charge in [-0.2, -0.15) is 5.26 Å². The van der Waals surface area contributed by atoms with E-state index in [4.69, 9.17) is 16.9 Å². The lowest BCUT2D eigenvalue weighted by Crippen LogP contribution is -1.97. The number of nitrogens with zero attached hydrogens (tertiary/aromatic N) is 2. The van der Waals surface area contributed by atoms with Gasteiger partial charge in [-0.25, -0.2) is 4.98 Å². The predicted octanol–water partition coefficient (Wildman–Crippen LogP) is 4.88. The number of benzene rings is 1. The highest BCUT2D eigenvalue weighted by Crippen LogP contribution is 2.28. The summed E-state index contributed by atoms with van der Waals surface area (Å²) in [5, 5.41) is 12.7. The topological polar surface area (TPSA) is 48.7 Å². The second-order valence-corrected chi connectivity index (χ2v) is 5.62. The van der Waals surface area contributed by atoms with Crippen molar-refractivity contribution in [2.75, 3.05) is 5.32 Å². The molecule has 0 fully saturated rings. The van der Waals surface area contributed by atoms with E-state index in [1.165, 1.54) is 0 Å². The zero-order chi connectivity index (χ0) is 13.1. The Bertz CT molecular complexity index is 638. The summed E-state index contributed by atoms with van der Waals surface area (Å²) in [5.74, 6) is 0.609. The molecule has 0 aliphatic rings. The van der Waals surface area contributed by atoms with Crippen molar-refractivity contribution in [3.05, 3.63) is 50.0 Å². The molecular weight excluding hydrogens is 381 g/mol. The Morgan fingerprint density at radius 1 is 1.28 bits per heavy atom. The summed E-state index contributed by atoms with van der Waals surface area (Å²) < 4.78 is 1.59. The van der Waals surface area contributed by atoms with E-state index in [-0.39, 0.29) is 0 Å². The van der Waals surface area contributed by atoms with Crippen LogP contribution in [0, 0.1) is 11.3 Å². The van der Waals surface area contributed by atoms with Crippen LogP contribution in [0.3, 0.4) is 0 Å². The molecule has 0 atom stereocenters. The van der Waals surface area contributed by atoms with Gasteiger partial charge in [-0.3, -0.25) is 0 Å². The van der Waals surface area contributed by atoms with Crippen LogP contribution in [0.2, 0.25) is 5.02 Å². The SMILES string of the molecule is N#Cc1cc(Br)ccc1Nc1ncc(Cl)cc1Br. The molecule has 0 radical (unpaired) electrons. The summed E-state index contributed by atoms with van der Waals surface area (Å²) in [6.45, 7) is 0. The van der Waals surface area contributed by atoms with E-state index in [0.717, 1.165) is 8.95 Å². The Morgan fingerprint density at radius 2 is 2.06 bits per heavy atom. The van der Waals surface area contributed by atoms with E-state index in [1.807, 2.05) is 12.1 Å². The minimum atomic E-state index is 0.535. The van der Waals surface area contributed by atoms with Crippen LogP contribution in [0.25, 0.3) is 0 Å². The fourth-order valence-corrected chi connectivity index (χ4v) is 2.45. The van der Waals surface area contributed by atoms with Crippen LogP contribution in [-0.4, -0.2) is 4.98 Å². The van der Waals surface area contributed by atoms with Crippen molar-refractivity contribution in [2.45, 2.75) is 0 Å². The largest absolute Gasteiger partial charge is 0.338 e. The van der Waals surface area contributed by atoms with Crippen LogP contribution >= 0.6 is 43.5 Å². The zero-order valence-corrected chi connectivity index (χ0v) is 12.8. The maximum absolute atomic E-state index is 9.07. The molecule has 0 bridgehead atoms. The second-order valence-electron chi connectivity index (χ2n) is 3.41. The minimum absolute atomic E-state index is 0.535. The van der Waals surface area contributed by atoms with Gasteiger partial charge >= 0.3 is 0 Å². The maximum atomic E-state index is 9.07. The molecule has 1 N–H and O–H groups in total. The number of nitriles is 1. The molecule has 1 aromatic carbocycles. The van der Waals surface area contributed by atoms with E-state index in [9.17, 15) is 0 Å². The molecular formula is C12H6Br2ClN3. The molecule has 6 heteroatoms. The van der Waals surface area contributed by atoms with Crippen molar-refractivity contribution < 1.29 is 0 Å². The van der Waals surface area contributed by atoms with Gasteiger partial charge in [0.15, 0.2) is 0 Å². The van der Waals surface area contributed by atoms with Gasteiger partial charge in [-0.05, 0) is 40.2 Å². The molecule has 1 heterocycles. The molecule has 0 aliphatic heterocycles. The number of hydrogen-bond donors (Lipinski definition) is 1. The third-order valence-electron chi connectivity index (χ3n) is 2.16. The average molecular weight is 387 g/mol. The Hall–Kier alpha value is -1.09. The van der Waals surface area contributed by atoms with Crippen LogP contribution < -0.4 is 5.32 Å². The van der Waals surface area contributed by atoms with Crippen molar-refractivity contribution in [3.8, 4) is 6.07 Å². The average Bonchev–Trinajstić information content (AvgIpc) is 2.34. The number of rotatable bonds is 2. The van der Waals surface area contributed by atoms with Gasteiger partial charge in [0.05, 0.1) is 20.7 Å². The predicted molar refractivity (Wildman–Crippen MR) is 79.1 cm³/mol. The normalized spacial score (nSPS) is 9.89. The van der Waals surface area contributed by atoms with Crippen LogP contribution in [0.1, 0.15) is 5.56 Å². The number of anilines is 2. The third kappa shape index (κ3) is 3.02. The number of halogens is 3. The molecule has 90 valence electrons. The van der Waals surface area contributed by atoms with Crippen LogP contribution in [-0.2, 0) is 0 Å². The van der Waals surface area contributed by atoms with Crippen LogP contribution in [0.4, 0.5) is 11.5 Å². The second kappa shape index (κ2) is 5.70. The summed E-state index contributed by atoms with van der Waals surface area (Å²) >= 11 is 12.5. The van der Waals surface area contributed by atoms with Gasteiger partial charge in [0.1, 0.15) is 11.9 Å². The lowest BCUT2D eigenvalue weighted by atomic mass is 10.2. The van der Waals surface area contributed by atoms with E-state index in [0.29, 0.717) is 22.1 Å². The molecule has 0 saturated heterocycles. The highest BCUT2D eigenvalue weighted by Gasteiger charge is 2.07. The molecule has 0 amide bonds. The Kier molecular flexibility index (Phi) is 4.23. The molecule has 0 unspecified atom stereocenters.